The summed E-state index contributed by atoms with van der Waals surface area (Å²) < 4.78 is 11.2. The second-order valence-electron chi connectivity index (χ2n) is 5.90. The molecule has 2 heterocycles. The van der Waals surface area contributed by atoms with Crippen LogP contribution >= 0.6 is 11.3 Å². The lowest BCUT2D eigenvalue weighted by molar-refractivity contribution is -0.121. The van der Waals surface area contributed by atoms with E-state index in [9.17, 15) is 4.79 Å². The van der Waals surface area contributed by atoms with Crippen LogP contribution in [0.4, 0.5) is 5.69 Å². The topological polar surface area (TPSA) is 64.8 Å². The highest BCUT2D eigenvalue weighted by molar-refractivity contribution is 7.11. The Morgan fingerprint density at radius 3 is 2.67 bits per heavy atom. The molecule has 0 saturated heterocycles. The van der Waals surface area contributed by atoms with E-state index in [1.807, 2.05) is 25.1 Å². The smallest absolute Gasteiger partial charge is 0.231 e. The summed E-state index contributed by atoms with van der Waals surface area (Å²) in [6.45, 7) is 5.84. The minimum Gasteiger partial charge on any atom is -0.486 e. The first kappa shape index (κ1) is 16.8. The van der Waals surface area contributed by atoms with E-state index in [0.717, 1.165) is 16.3 Å². The number of fused-ring (bicyclic) bond motifs is 1. The summed E-state index contributed by atoms with van der Waals surface area (Å²) in [6.07, 6.45) is 0. The zero-order valence-corrected chi connectivity index (χ0v) is 14.8. The van der Waals surface area contributed by atoms with Gasteiger partial charge in [-0.05, 0) is 31.2 Å². The predicted molar refractivity (Wildman–Crippen MR) is 95.9 cm³/mol. The number of hydrogen-bond donors (Lipinski definition) is 1. The molecule has 24 heavy (non-hydrogen) atoms. The Bertz CT molecular complexity index is 729. The molecule has 1 amide bonds. The molecule has 5 nitrogen and oxygen atoms in total. The van der Waals surface area contributed by atoms with Gasteiger partial charge in [0.15, 0.2) is 11.5 Å². The number of nitrogens with zero attached hydrogens (tertiary/aromatic N) is 1. The van der Waals surface area contributed by atoms with Gasteiger partial charge in [-0.15, -0.1) is 11.3 Å². The highest BCUT2D eigenvalue weighted by atomic mass is 32.1. The van der Waals surface area contributed by atoms with Crippen LogP contribution in [0.3, 0.4) is 0 Å². The van der Waals surface area contributed by atoms with Crippen molar-refractivity contribution in [2.45, 2.75) is 20.4 Å². The molecule has 0 aliphatic carbocycles. The Balaban J connectivity index is 1.92. The van der Waals surface area contributed by atoms with E-state index in [-0.39, 0.29) is 11.8 Å². The summed E-state index contributed by atoms with van der Waals surface area (Å²) in [7, 11) is 0. The van der Waals surface area contributed by atoms with E-state index in [0.29, 0.717) is 32.1 Å². The molecular formula is C18H22N2O3S. The fourth-order valence-electron chi connectivity index (χ4n) is 2.59. The monoisotopic (exact) mass is 346 g/mol. The highest BCUT2D eigenvalue weighted by Crippen LogP contribution is 2.35. The number of hydrogen-bond acceptors (Lipinski definition) is 5. The Hall–Kier alpha value is -2.05. The van der Waals surface area contributed by atoms with Crippen LogP contribution in [0.15, 0.2) is 30.3 Å². The number of carbonyl (C=O) groups excluding carboxylic acids is 1. The molecule has 1 atom stereocenters. The van der Waals surface area contributed by atoms with E-state index in [1.54, 1.807) is 16.2 Å². The van der Waals surface area contributed by atoms with Crippen molar-refractivity contribution >= 4 is 22.9 Å². The summed E-state index contributed by atoms with van der Waals surface area (Å²) >= 11 is 1.70. The van der Waals surface area contributed by atoms with Gasteiger partial charge in [-0.3, -0.25) is 4.79 Å². The van der Waals surface area contributed by atoms with E-state index >= 15 is 0 Å². The van der Waals surface area contributed by atoms with Crippen molar-refractivity contribution in [1.82, 2.24) is 0 Å². The molecule has 128 valence electrons. The number of thiophene rings is 1. The first-order chi connectivity index (χ1) is 11.6. The van der Waals surface area contributed by atoms with Gasteiger partial charge in [0.1, 0.15) is 13.2 Å². The van der Waals surface area contributed by atoms with E-state index in [1.165, 1.54) is 4.88 Å². The van der Waals surface area contributed by atoms with Gasteiger partial charge < -0.3 is 20.1 Å². The molecule has 2 aromatic rings. The average Bonchev–Trinajstić information content (AvgIpc) is 3.03. The number of ether oxygens (including phenoxy) is 2. The van der Waals surface area contributed by atoms with Crippen LogP contribution in [0.1, 0.15) is 16.7 Å². The Morgan fingerprint density at radius 2 is 2.00 bits per heavy atom. The van der Waals surface area contributed by atoms with Crippen LogP contribution in [0.25, 0.3) is 0 Å². The van der Waals surface area contributed by atoms with Crippen molar-refractivity contribution in [2.75, 3.05) is 24.7 Å². The Kier molecular flexibility index (Phi) is 5.06. The number of benzene rings is 1. The maximum absolute atomic E-state index is 12.8. The number of rotatable bonds is 5. The molecule has 1 aliphatic heterocycles. The van der Waals surface area contributed by atoms with Crippen molar-refractivity contribution in [3.8, 4) is 11.5 Å². The molecule has 0 radical (unpaired) electrons. The molecule has 0 spiro atoms. The highest BCUT2D eigenvalue weighted by Gasteiger charge is 2.23. The molecular weight excluding hydrogens is 324 g/mol. The number of amides is 1. The number of anilines is 1. The first-order valence-electron chi connectivity index (χ1n) is 8.05. The summed E-state index contributed by atoms with van der Waals surface area (Å²) in [5.41, 5.74) is 6.51. The van der Waals surface area contributed by atoms with Crippen LogP contribution in [0, 0.1) is 12.8 Å². The van der Waals surface area contributed by atoms with Gasteiger partial charge in [0.2, 0.25) is 5.91 Å². The summed E-state index contributed by atoms with van der Waals surface area (Å²) in [6, 6.07) is 9.76. The van der Waals surface area contributed by atoms with Gasteiger partial charge in [-0.25, -0.2) is 0 Å². The lowest BCUT2D eigenvalue weighted by Crippen LogP contribution is -2.37. The second kappa shape index (κ2) is 7.23. The van der Waals surface area contributed by atoms with Crippen molar-refractivity contribution in [3.05, 3.63) is 40.1 Å². The van der Waals surface area contributed by atoms with Gasteiger partial charge in [0.05, 0.1) is 6.54 Å². The minimum absolute atomic E-state index is 0.0141. The summed E-state index contributed by atoms with van der Waals surface area (Å²) in [5, 5.41) is 0. The van der Waals surface area contributed by atoms with E-state index in [4.69, 9.17) is 15.2 Å². The van der Waals surface area contributed by atoms with Crippen molar-refractivity contribution in [2.24, 2.45) is 11.7 Å². The van der Waals surface area contributed by atoms with Gasteiger partial charge in [0.25, 0.3) is 0 Å². The first-order valence-corrected chi connectivity index (χ1v) is 8.86. The maximum Gasteiger partial charge on any atom is 0.231 e. The minimum atomic E-state index is -0.237. The lowest BCUT2D eigenvalue weighted by Gasteiger charge is -2.27. The third-order valence-electron chi connectivity index (χ3n) is 3.99. The zero-order valence-electron chi connectivity index (χ0n) is 14.0. The van der Waals surface area contributed by atoms with Crippen LogP contribution < -0.4 is 20.1 Å². The van der Waals surface area contributed by atoms with Gasteiger partial charge in [-0.1, -0.05) is 6.92 Å². The van der Waals surface area contributed by atoms with Crippen LogP contribution in [-0.2, 0) is 11.3 Å². The summed E-state index contributed by atoms with van der Waals surface area (Å²) in [4.78, 5) is 17.0. The molecule has 1 aliphatic rings. The van der Waals surface area contributed by atoms with Crippen molar-refractivity contribution < 1.29 is 14.3 Å². The van der Waals surface area contributed by atoms with Gasteiger partial charge in [0, 0.05) is 34.0 Å². The maximum atomic E-state index is 12.8. The Labute approximate surface area is 146 Å². The van der Waals surface area contributed by atoms with Crippen molar-refractivity contribution in [3.63, 3.8) is 0 Å². The largest absolute Gasteiger partial charge is 0.486 e. The molecule has 0 bridgehead atoms. The fourth-order valence-corrected chi connectivity index (χ4v) is 3.47. The third kappa shape index (κ3) is 3.55. The SMILES string of the molecule is Cc1ccc(CN(C(=O)C(C)CN)c2ccc3c(c2)OCCO3)s1. The van der Waals surface area contributed by atoms with Crippen LogP contribution in [0.2, 0.25) is 0 Å². The average molecular weight is 346 g/mol. The fraction of sp³-hybridized carbons (Fsp3) is 0.389. The standard InChI is InChI=1S/C18H22N2O3S/c1-12(10-19)18(21)20(11-15-5-3-13(2)24-15)14-4-6-16-17(9-14)23-8-7-22-16/h3-6,9,12H,7-8,10-11,19H2,1-2H3. The van der Waals surface area contributed by atoms with Crippen LogP contribution in [-0.4, -0.2) is 25.7 Å². The molecule has 1 unspecified atom stereocenters. The molecule has 1 aromatic heterocycles. The summed E-state index contributed by atoms with van der Waals surface area (Å²) in [5.74, 6) is 1.18. The van der Waals surface area contributed by atoms with E-state index < -0.39 is 0 Å². The number of aryl methyl sites for hydroxylation is 1. The van der Waals surface area contributed by atoms with Crippen molar-refractivity contribution in [1.29, 1.82) is 0 Å². The molecule has 0 saturated carbocycles. The molecule has 6 heteroatoms. The quantitative estimate of drug-likeness (QED) is 0.904. The molecule has 3 rings (SSSR count). The molecule has 1 aromatic carbocycles. The van der Waals surface area contributed by atoms with Gasteiger partial charge >= 0.3 is 0 Å². The number of nitrogens with two attached hydrogens (primary N) is 1. The zero-order chi connectivity index (χ0) is 17.1. The van der Waals surface area contributed by atoms with Crippen LogP contribution in [0.5, 0.6) is 11.5 Å². The Morgan fingerprint density at radius 1 is 1.25 bits per heavy atom. The number of carbonyl (C=O) groups is 1. The predicted octanol–water partition coefficient (Wildman–Crippen LogP) is 2.96. The van der Waals surface area contributed by atoms with E-state index in [2.05, 4.69) is 19.1 Å². The normalized spacial score (nSPS) is 14.3. The van der Waals surface area contributed by atoms with Gasteiger partial charge in [-0.2, -0.15) is 0 Å². The third-order valence-corrected chi connectivity index (χ3v) is 4.97. The second-order valence-corrected chi connectivity index (χ2v) is 7.27. The lowest BCUT2D eigenvalue weighted by atomic mass is 10.1. The molecule has 2 N–H and O–H groups in total. The molecule has 0 fully saturated rings.